The summed E-state index contributed by atoms with van der Waals surface area (Å²) in [6.45, 7) is 5.88. The molecule has 1 aliphatic heterocycles. The Kier molecular flexibility index (Phi) is 5.58. The number of fused-ring (bicyclic) bond motifs is 1. The van der Waals surface area contributed by atoms with Crippen LogP contribution in [0.15, 0.2) is 58.9 Å². The van der Waals surface area contributed by atoms with Crippen molar-refractivity contribution in [2.24, 2.45) is 0 Å². The van der Waals surface area contributed by atoms with Crippen molar-refractivity contribution < 1.29 is 4.79 Å². The fourth-order valence-electron chi connectivity index (χ4n) is 3.64. The number of hydrogen-bond acceptors (Lipinski definition) is 5. The van der Waals surface area contributed by atoms with Crippen LogP contribution in [0.2, 0.25) is 5.02 Å². The van der Waals surface area contributed by atoms with Gasteiger partial charge in [-0.05, 0) is 44.7 Å². The van der Waals surface area contributed by atoms with Crippen LogP contribution in [-0.2, 0) is 4.79 Å². The predicted octanol–water partition coefficient (Wildman–Crippen LogP) is 5.20. The van der Waals surface area contributed by atoms with Crippen molar-refractivity contribution in [1.82, 2.24) is 14.8 Å². The van der Waals surface area contributed by atoms with Crippen molar-refractivity contribution in [3.63, 3.8) is 0 Å². The molecule has 2 heterocycles. The van der Waals surface area contributed by atoms with Gasteiger partial charge in [0.15, 0.2) is 0 Å². The summed E-state index contributed by atoms with van der Waals surface area (Å²) in [6, 6.07) is 13.0. The lowest BCUT2D eigenvalue weighted by molar-refractivity contribution is -0.113. The Labute approximate surface area is 184 Å². The van der Waals surface area contributed by atoms with Crippen LogP contribution in [0.1, 0.15) is 29.7 Å². The van der Waals surface area contributed by atoms with Crippen LogP contribution in [0.3, 0.4) is 0 Å². The maximum Gasteiger partial charge on any atom is 0.255 e. The molecule has 0 aliphatic carbocycles. The van der Waals surface area contributed by atoms with Crippen LogP contribution in [0.4, 0.5) is 11.6 Å². The van der Waals surface area contributed by atoms with Gasteiger partial charge in [0.05, 0.1) is 5.57 Å². The van der Waals surface area contributed by atoms with E-state index >= 15 is 0 Å². The molecule has 4 rings (SSSR count). The molecule has 0 saturated carbocycles. The summed E-state index contributed by atoms with van der Waals surface area (Å²) in [6.07, 6.45) is 1.92. The second kappa shape index (κ2) is 8.16. The summed E-state index contributed by atoms with van der Waals surface area (Å²) in [4.78, 5) is 18.0. The number of carbonyl (C=O) groups is 1. The molecular formula is C22H22ClN5OS. The summed E-state index contributed by atoms with van der Waals surface area (Å²) >= 11 is 7.99. The molecule has 0 fully saturated rings. The van der Waals surface area contributed by atoms with Crippen LogP contribution < -0.4 is 10.6 Å². The quantitative estimate of drug-likeness (QED) is 0.547. The van der Waals surface area contributed by atoms with Crippen molar-refractivity contribution >= 4 is 40.9 Å². The van der Waals surface area contributed by atoms with Crippen molar-refractivity contribution in [3.05, 3.63) is 75.4 Å². The van der Waals surface area contributed by atoms with Gasteiger partial charge in [0, 0.05) is 22.0 Å². The van der Waals surface area contributed by atoms with Gasteiger partial charge in [0.2, 0.25) is 11.1 Å². The van der Waals surface area contributed by atoms with E-state index in [-0.39, 0.29) is 5.91 Å². The lowest BCUT2D eigenvalue weighted by Gasteiger charge is -2.29. The Hall–Kier alpha value is -2.77. The summed E-state index contributed by atoms with van der Waals surface area (Å²) in [5.74, 6) is 0.383. The standard InChI is InChI=1S/C22H22ClN5OS/c1-12-9-10-17(13(2)11-12)25-20(29)18-14(3)24-21-26-22(30-4)27-28(21)19(18)15-7-5-6-8-16(15)23/h5-11,19H,1-4H3,(H,25,29)(H,24,26,27)/t19-/m0/s1. The number of amides is 1. The fourth-order valence-corrected chi connectivity index (χ4v) is 4.23. The van der Waals surface area contributed by atoms with Gasteiger partial charge in [-0.25, -0.2) is 4.68 Å². The normalized spacial score (nSPS) is 15.6. The number of anilines is 2. The van der Waals surface area contributed by atoms with E-state index in [0.717, 1.165) is 28.1 Å². The number of allylic oxidation sites excluding steroid dienone is 1. The Bertz CT molecular complexity index is 1170. The first-order chi connectivity index (χ1) is 14.4. The van der Waals surface area contributed by atoms with Gasteiger partial charge in [0.1, 0.15) is 6.04 Å². The molecule has 8 heteroatoms. The molecule has 0 saturated heterocycles. The van der Waals surface area contributed by atoms with Gasteiger partial charge in [-0.15, -0.1) is 5.10 Å². The second-order valence-corrected chi connectivity index (χ2v) is 8.41. The van der Waals surface area contributed by atoms with E-state index < -0.39 is 6.04 Å². The molecule has 2 N–H and O–H groups in total. The number of aryl methyl sites for hydroxylation is 2. The smallest absolute Gasteiger partial charge is 0.255 e. The van der Waals surface area contributed by atoms with E-state index in [9.17, 15) is 4.79 Å². The molecule has 2 aromatic carbocycles. The molecule has 1 amide bonds. The summed E-state index contributed by atoms with van der Waals surface area (Å²) in [5, 5.41) is 12.1. The summed E-state index contributed by atoms with van der Waals surface area (Å²) in [7, 11) is 0. The molecule has 0 radical (unpaired) electrons. The first-order valence-electron chi connectivity index (χ1n) is 9.50. The van der Waals surface area contributed by atoms with Gasteiger partial charge in [0.25, 0.3) is 5.91 Å². The third kappa shape index (κ3) is 3.70. The molecule has 0 bridgehead atoms. The summed E-state index contributed by atoms with van der Waals surface area (Å²) < 4.78 is 1.73. The maximum absolute atomic E-state index is 13.5. The fraction of sp³-hybridized carbons (Fsp3) is 0.227. The second-order valence-electron chi connectivity index (χ2n) is 7.23. The lowest BCUT2D eigenvalue weighted by atomic mass is 9.95. The Balaban J connectivity index is 1.81. The highest BCUT2D eigenvalue weighted by Crippen LogP contribution is 2.39. The number of nitrogens with zero attached hydrogens (tertiary/aromatic N) is 3. The van der Waals surface area contributed by atoms with E-state index in [1.165, 1.54) is 11.8 Å². The molecule has 1 atom stereocenters. The first-order valence-corrected chi connectivity index (χ1v) is 11.1. The molecule has 154 valence electrons. The minimum Gasteiger partial charge on any atom is -0.328 e. The van der Waals surface area contributed by atoms with E-state index in [1.807, 2.05) is 69.5 Å². The molecule has 0 spiro atoms. The molecule has 30 heavy (non-hydrogen) atoms. The zero-order valence-electron chi connectivity index (χ0n) is 17.2. The number of hydrogen-bond donors (Lipinski definition) is 2. The van der Waals surface area contributed by atoms with E-state index in [4.69, 9.17) is 11.6 Å². The topological polar surface area (TPSA) is 71.8 Å². The van der Waals surface area contributed by atoms with Crippen LogP contribution >= 0.6 is 23.4 Å². The number of benzene rings is 2. The first kappa shape index (κ1) is 20.5. The Morgan fingerprint density at radius 1 is 1.20 bits per heavy atom. The molecule has 1 aliphatic rings. The highest BCUT2D eigenvalue weighted by atomic mass is 35.5. The van der Waals surface area contributed by atoms with Crippen molar-refractivity contribution in [3.8, 4) is 0 Å². The van der Waals surface area contributed by atoms with Crippen molar-refractivity contribution in [2.75, 3.05) is 16.9 Å². The lowest BCUT2D eigenvalue weighted by Crippen LogP contribution is -2.31. The molecular weight excluding hydrogens is 418 g/mol. The maximum atomic E-state index is 13.5. The number of halogens is 1. The average Bonchev–Trinajstić information content (AvgIpc) is 3.12. The van der Waals surface area contributed by atoms with Gasteiger partial charge in [-0.3, -0.25) is 4.79 Å². The zero-order chi connectivity index (χ0) is 21.4. The summed E-state index contributed by atoms with van der Waals surface area (Å²) in [5.41, 5.74) is 4.99. The third-order valence-electron chi connectivity index (χ3n) is 5.09. The van der Waals surface area contributed by atoms with Gasteiger partial charge >= 0.3 is 0 Å². The number of thioether (sulfide) groups is 1. The SMILES string of the molecule is CSc1nc2n(n1)[C@@H](c1ccccc1Cl)C(C(=O)Nc1ccc(C)cc1C)=C(C)N2. The average molecular weight is 440 g/mol. The highest BCUT2D eigenvalue weighted by molar-refractivity contribution is 7.98. The predicted molar refractivity (Wildman–Crippen MR) is 122 cm³/mol. The van der Waals surface area contributed by atoms with Crippen LogP contribution in [0, 0.1) is 13.8 Å². The van der Waals surface area contributed by atoms with E-state index in [1.54, 1.807) is 4.68 Å². The van der Waals surface area contributed by atoms with Gasteiger partial charge in [-0.2, -0.15) is 4.98 Å². The van der Waals surface area contributed by atoms with Crippen molar-refractivity contribution in [2.45, 2.75) is 32.0 Å². The van der Waals surface area contributed by atoms with E-state index in [2.05, 4.69) is 20.7 Å². The molecule has 3 aromatic rings. The van der Waals surface area contributed by atoms with E-state index in [0.29, 0.717) is 21.7 Å². The molecule has 6 nitrogen and oxygen atoms in total. The Morgan fingerprint density at radius 3 is 2.67 bits per heavy atom. The highest BCUT2D eigenvalue weighted by Gasteiger charge is 2.35. The van der Waals surface area contributed by atoms with Crippen molar-refractivity contribution in [1.29, 1.82) is 0 Å². The third-order valence-corrected chi connectivity index (χ3v) is 5.97. The number of nitrogens with one attached hydrogen (secondary N) is 2. The minimum atomic E-state index is -0.492. The van der Waals surface area contributed by atoms with Crippen LogP contribution in [0.25, 0.3) is 0 Å². The number of rotatable bonds is 4. The van der Waals surface area contributed by atoms with Gasteiger partial charge < -0.3 is 10.6 Å². The molecule has 1 aromatic heterocycles. The zero-order valence-corrected chi connectivity index (χ0v) is 18.7. The Morgan fingerprint density at radius 2 is 1.97 bits per heavy atom. The minimum absolute atomic E-state index is 0.205. The monoisotopic (exact) mass is 439 g/mol. The van der Waals surface area contributed by atoms with Crippen LogP contribution in [-0.4, -0.2) is 26.9 Å². The number of carbonyl (C=O) groups excluding carboxylic acids is 1. The van der Waals surface area contributed by atoms with Gasteiger partial charge in [-0.1, -0.05) is 59.3 Å². The number of aromatic nitrogens is 3. The largest absolute Gasteiger partial charge is 0.328 e. The molecule has 0 unspecified atom stereocenters. The van der Waals surface area contributed by atoms with Crippen LogP contribution in [0.5, 0.6) is 0 Å².